The lowest BCUT2D eigenvalue weighted by Gasteiger charge is -2.06. The molecule has 5 aromatic rings. The number of benzene rings is 3. The molecule has 3 aromatic carbocycles. The van der Waals surface area contributed by atoms with Crippen molar-refractivity contribution in [2.45, 2.75) is 6.92 Å². The molecule has 6 nitrogen and oxygen atoms in total. The molecule has 0 radical (unpaired) electrons. The predicted octanol–water partition coefficient (Wildman–Crippen LogP) is 7.24. The molecule has 2 heterocycles. The first-order valence-corrected chi connectivity index (χ1v) is 11.9. The van der Waals surface area contributed by atoms with Gasteiger partial charge in [-0.05, 0) is 61.5 Å². The van der Waals surface area contributed by atoms with Gasteiger partial charge in [0.05, 0.1) is 23.2 Å². The highest BCUT2D eigenvalue weighted by atomic mass is 35.5. The third kappa shape index (κ3) is 5.44. The fraction of sp³-hybridized carbons (Fsp3) is 0.0333. The summed E-state index contributed by atoms with van der Waals surface area (Å²) in [7, 11) is 0. The van der Waals surface area contributed by atoms with Crippen LogP contribution in [-0.4, -0.2) is 21.5 Å². The van der Waals surface area contributed by atoms with Gasteiger partial charge in [-0.2, -0.15) is 5.10 Å². The van der Waals surface area contributed by atoms with Crippen molar-refractivity contribution in [3.05, 3.63) is 131 Å². The number of allylic oxidation sites excluding steroid dienone is 1. The van der Waals surface area contributed by atoms with Crippen LogP contribution in [0.3, 0.4) is 0 Å². The Morgan fingerprint density at radius 1 is 0.973 bits per heavy atom. The minimum absolute atomic E-state index is 0.204. The van der Waals surface area contributed by atoms with Crippen molar-refractivity contribution in [3.63, 3.8) is 0 Å². The second-order valence-corrected chi connectivity index (χ2v) is 8.78. The van der Waals surface area contributed by atoms with Crippen LogP contribution >= 0.6 is 11.6 Å². The number of hydrogen-bond acceptors (Lipinski definition) is 4. The molecular formula is C30H22ClN3O3. The lowest BCUT2D eigenvalue weighted by Crippen LogP contribution is -2.12. The molecule has 0 unspecified atom stereocenters. The van der Waals surface area contributed by atoms with Crippen LogP contribution in [0.15, 0.2) is 108 Å². The Balaban J connectivity index is 1.41. The summed E-state index contributed by atoms with van der Waals surface area (Å²) in [5.41, 5.74) is 4.69. The third-order valence-corrected chi connectivity index (χ3v) is 6.06. The summed E-state index contributed by atoms with van der Waals surface area (Å²) < 4.78 is 6.98. The molecule has 0 spiro atoms. The molecule has 0 aliphatic rings. The van der Waals surface area contributed by atoms with E-state index >= 15 is 0 Å². The molecule has 0 saturated carbocycles. The van der Waals surface area contributed by atoms with Crippen molar-refractivity contribution in [2.75, 3.05) is 5.32 Å². The van der Waals surface area contributed by atoms with E-state index in [1.54, 1.807) is 48.0 Å². The van der Waals surface area contributed by atoms with Crippen molar-refractivity contribution < 1.29 is 14.0 Å². The number of para-hydroxylation sites is 1. The fourth-order valence-electron chi connectivity index (χ4n) is 3.89. The smallest absolute Gasteiger partial charge is 0.259 e. The van der Waals surface area contributed by atoms with Crippen LogP contribution in [0.5, 0.6) is 0 Å². The number of hydrogen-bond donors (Lipinski definition) is 1. The number of nitrogens with zero attached hydrogens (tertiary/aromatic N) is 2. The maximum absolute atomic E-state index is 13.0. The number of carbonyl (C=O) groups is 2. The summed E-state index contributed by atoms with van der Waals surface area (Å²) in [5, 5.41) is 8.21. The molecule has 37 heavy (non-hydrogen) atoms. The number of anilines is 1. The van der Waals surface area contributed by atoms with Gasteiger partial charge < -0.3 is 9.73 Å². The van der Waals surface area contributed by atoms with Crippen LogP contribution < -0.4 is 5.32 Å². The quantitative estimate of drug-likeness (QED) is 0.186. The minimum atomic E-state index is -0.299. The van der Waals surface area contributed by atoms with Crippen LogP contribution in [0.4, 0.5) is 5.69 Å². The normalized spacial score (nSPS) is 11.1. The summed E-state index contributed by atoms with van der Waals surface area (Å²) in [6.07, 6.45) is 6.60. The maximum Gasteiger partial charge on any atom is 0.259 e. The monoisotopic (exact) mass is 507 g/mol. The number of furan rings is 1. The van der Waals surface area contributed by atoms with Crippen LogP contribution in [-0.2, 0) is 0 Å². The first-order chi connectivity index (χ1) is 18.0. The Kier molecular flexibility index (Phi) is 6.83. The summed E-state index contributed by atoms with van der Waals surface area (Å²) >= 11 is 6.08. The molecule has 0 saturated heterocycles. The molecule has 1 N–H and O–H groups in total. The Morgan fingerprint density at radius 2 is 1.76 bits per heavy atom. The minimum Gasteiger partial charge on any atom is -0.469 e. The van der Waals surface area contributed by atoms with Gasteiger partial charge in [0.15, 0.2) is 5.78 Å². The second-order valence-electron chi connectivity index (χ2n) is 8.34. The predicted molar refractivity (Wildman–Crippen MR) is 145 cm³/mol. The highest BCUT2D eigenvalue weighted by molar-refractivity contribution is 6.30. The van der Waals surface area contributed by atoms with Crippen molar-refractivity contribution in [3.8, 4) is 16.9 Å². The molecule has 1 amide bonds. The standard InChI is InChI=1S/C30H22ClN3O3/c1-20-27(16-17-37-20)30(36)32-25-7-5-6-22(18-25)28(35)15-12-23-19-34(26-8-3-2-4-9-26)33-29(23)21-10-13-24(31)14-11-21/h2-19H,1H3,(H,32,36)/b15-12+. The zero-order chi connectivity index (χ0) is 25.8. The molecule has 0 atom stereocenters. The van der Waals surface area contributed by atoms with Crippen molar-refractivity contribution in [1.29, 1.82) is 0 Å². The second kappa shape index (κ2) is 10.5. The van der Waals surface area contributed by atoms with E-state index < -0.39 is 0 Å². The van der Waals surface area contributed by atoms with Gasteiger partial charge in [0.25, 0.3) is 5.91 Å². The van der Waals surface area contributed by atoms with Crippen LogP contribution in [0.2, 0.25) is 5.02 Å². The van der Waals surface area contributed by atoms with Gasteiger partial charge in [-0.3, -0.25) is 9.59 Å². The molecule has 0 fully saturated rings. The van der Waals surface area contributed by atoms with Crippen LogP contribution in [0.25, 0.3) is 23.0 Å². The third-order valence-electron chi connectivity index (χ3n) is 5.80. The van der Waals surface area contributed by atoms with Gasteiger partial charge >= 0.3 is 0 Å². The van der Waals surface area contributed by atoms with Gasteiger partial charge in [0.2, 0.25) is 0 Å². The molecule has 7 heteroatoms. The van der Waals surface area contributed by atoms with Gasteiger partial charge in [-0.1, -0.05) is 54.1 Å². The molecule has 0 aliphatic heterocycles. The van der Waals surface area contributed by atoms with E-state index in [1.807, 2.05) is 60.8 Å². The van der Waals surface area contributed by atoms with E-state index in [0.717, 1.165) is 22.5 Å². The fourth-order valence-corrected chi connectivity index (χ4v) is 4.01. The average molecular weight is 508 g/mol. The van der Waals surface area contributed by atoms with E-state index in [0.29, 0.717) is 27.6 Å². The van der Waals surface area contributed by atoms with Gasteiger partial charge in [-0.25, -0.2) is 4.68 Å². The number of carbonyl (C=O) groups excluding carboxylic acids is 2. The number of halogens is 1. The molecular weight excluding hydrogens is 486 g/mol. The van der Waals surface area contributed by atoms with Crippen LogP contribution in [0.1, 0.15) is 32.0 Å². The average Bonchev–Trinajstić information content (AvgIpc) is 3.55. The molecule has 5 rings (SSSR count). The van der Waals surface area contributed by atoms with Gasteiger partial charge in [0.1, 0.15) is 5.76 Å². The van der Waals surface area contributed by atoms with E-state index in [-0.39, 0.29) is 11.7 Å². The van der Waals surface area contributed by atoms with Crippen molar-refractivity contribution in [1.82, 2.24) is 9.78 Å². The Labute approximate surface area is 218 Å². The number of nitrogens with one attached hydrogen (secondary N) is 1. The van der Waals surface area contributed by atoms with E-state index in [4.69, 9.17) is 21.1 Å². The zero-order valence-electron chi connectivity index (χ0n) is 19.9. The Bertz CT molecular complexity index is 1600. The molecule has 0 bridgehead atoms. The van der Waals surface area contributed by atoms with E-state index in [9.17, 15) is 9.59 Å². The summed E-state index contributed by atoms with van der Waals surface area (Å²) in [5.74, 6) is 0.0256. The topological polar surface area (TPSA) is 77.1 Å². The SMILES string of the molecule is Cc1occc1C(=O)Nc1cccc(C(=O)/C=C/c2cn(-c3ccccc3)nc2-c2ccc(Cl)cc2)c1. The number of ketones is 1. The highest BCUT2D eigenvalue weighted by Crippen LogP contribution is 2.26. The molecule has 0 aliphatic carbocycles. The zero-order valence-corrected chi connectivity index (χ0v) is 20.6. The van der Waals surface area contributed by atoms with Crippen LogP contribution in [0, 0.1) is 6.92 Å². The summed E-state index contributed by atoms with van der Waals surface area (Å²) in [6.45, 7) is 1.72. The molecule has 182 valence electrons. The number of aryl methyl sites for hydroxylation is 1. The van der Waals surface area contributed by atoms with Gasteiger partial charge in [-0.15, -0.1) is 0 Å². The number of amides is 1. The first kappa shape index (κ1) is 24.0. The number of aromatic nitrogens is 2. The number of rotatable bonds is 7. The van der Waals surface area contributed by atoms with Crippen molar-refractivity contribution >= 4 is 35.1 Å². The van der Waals surface area contributed by atoms with E-state index in [1.165, 1.54) is 12.3 Å². The molecule has 2 aromatic heterocycles. The Morgan fingerprint density at radius 3 is 2.49 bits per heavy atom. The van der Waals surface area contributed by atoms with E-state index in [2.05, 4.69) is 5.32 Å². The van der Waals surface area contributed by atoms with Gasteiger partial charge in [0, 0.05) is 33.6 Å². The first-order valence-electron chi connectivity index (χ1n) is 11.6. The lowest BCUT2D eigenvalue weighted by molar-refractivity contribution is 0.102. The lowest BCUT2D eigenvalue weighted by atomic mass is 10.1. The Hall–Kier alpha value is -4.68. The summed E-state index contributed by atoms with van der Waals surface area (Å²) in [4.78, 5) is 25.6. The largest absolute Gasteiger partial charge is 0.469 e. The maximum atomic E-state index is 13.0. The highest BCUT2D eigenvalue weighted by Gasteiger charge is 2.14. The van der Waals surface area contributed by atoms with Crippen molar-refractivity contribution in [2.24, 2.45) is 0 Å². The summed E-state index contributed by atoms with van der Waals surface area (Å²) in [6, 6.07) is 25.6.